The summed E-state index contributed by atoms with van der Waals surface area (Å²) in [5.74, 6) is 1.45. The van der Waals surface area contributed by atoms with Gasteiger partial charge in [-0.3, -0.25) is 0 Å². The molecule has 0 fully saturated rings. The van der Waals surface area contributed by atoms with E-state index in [2.05, 4.69) is 11.9 Å². The minimum Gasteiger partial charge on any atom is -0.493 e. The number of halogens is 1. The molecule has 0 spiro atoms. The van der Waals surface area contributed by atoms with Crippen molar-refractivity contribution in [1.29, 1.82) is 0 Å². The Kier molecular flexibility index (Phi) is 6.31. The van der Waals surface area contributed by atoms with E-state index in [1.165, 1.54) is 0 Å². The number of nitrogens with one attached hydrogen (secondary N) is 1. The average Bonchev–Trinajstić information content (AvgIpc) is 2.55. The van der Waals surface area contributed by atoms with E-state index in [1.807, 2.05) is 48.5 Å². The quantitative estimate of drug-likeness (QED) is 0.584. The van der Waals surface area contributed by atoms with Crippen LogP contribution in [-0.2, 0) is 13.2 Å². The topological polar surface area (TPSA) is 30.5 Å². The minimum atomic E-state index is 0.397. The molecule has 0 saturated heterocycles. The number of hydrogen-bond acceptors (Lipinski definition) is 3. The van der Waals surface area contributed by atoms with Crippen molar-refractivity contribution in [3.8, 4) is 11.5 Å². The second-order valence-electron chi connectivity index (χ2n) is 4.75. The van der Waals surface area contributed by atoms with Gasteiger partial charge >= 0.3 is 0 Å². The fourth-order valence-corrected chi connectivity index (χ4v) is 2.29. The van der Waals surface area contributed by atoms with Gasteiger partial charge in [0.2, 0.25) is 0 Å². The largest absolute Gasteiger partial charge is 0.493 e. The number of rotatable bonds is 8. The van der Waals surface area contributed by atoms with Crippen molar-refractivity contribution in [2.75, 3.05) is 13.7 Å². The summed E-state index contributed by atoms with van der Waals surface area (Å²) in [5, 5.41) is 3.97. The van der Waals surface area contributed by atoms with Gasteiger partial charge in [-0.1, -0.05) is 48.0 Å². The Bertz CT molecular complexity index is 628. The van der Waals surface area contributed by atoms with E-state index >= 15 is 0 Å². The van der Waals surface area contributed by atoms with Crippen LogP contribution in [-0.4, -0.2) is 13.7 Å². The molecule has 0 aliphatic carbocycles. The number of ether oxygens (including phenoxy) is 2. The third-order valence-electron chi connectivity index (χ3n) is 3.21. The van der Waals surface area contributed by atoms with Gasteiger partial charge < -0.3 is 14.8 Å². The lowest BCUT2D eigenvalue weighted by Crippen LogP contribution is -2.14. The van der Waals surface area contributed by atoms with Gasteiger partial charge in [0.15, 0.2) is 11.5 Å². The summed E-state index contributed by atoms with van der Waals surface area (Å²) in [4.78, 5) is 0. The fraction of sp³-hybridized carbons (Fsp3) is 0.222. The summed E-state index contributed by atoms with van der Waals surface area (Å²) in [6.07, 6.45) is 1.82. The van der Waals surface area contributed by atoms with E-state index in [1.54, 1.807) is 7.11 Å². The zero-order valence-corrected chi connectivity index (χ0v) is 13.4. The van der Waals surface area contributed by atoms with E-state index in [4.69, 9.17) is 21.1 Å². The summed E-state index contributed by atoms with van der Waals surface area (Å²) >= 11 is 6.17. The van der Waals surface area contributed by atoms with Crippen LogP contribution in [0, 0.1) is 0 Å². The second kappa shape index (κ2) is 8.47. The summed E-state index contributed by atoms with van der Waals surface area (Å²) in [6.45, 7) is 5.52. The van der Waals surface area contributed by atoms with Crippen molar-refractivity contribution >= 4 is 11.6 Å². The Hall–Kier alpha value is -1.97. The first-order valence-corrected chi connectivity index (χ1v) is 7.47. The van der Waals surface area contributed by atoms with Crippen LogP contribution in [0.2, 0.25) is 5.02 Å². The highest BCUT2D eigenvalue weighted by molar-refractivity contribution is 6.31. The fourth-order valence-electron chi connectivity index (χ4n) is 2.10. The molecule has 0 unspecified atom stereocenters. The van der Waals surface area contributed by atoms with Crippen LogP contribution in [0.25, 0.3) is 0 Å². The smallest absolute Gasteiger partial charge is 0.166 e. The van der Waals surface area contributed by atoms with Crippen molar-refractivity contribution in [2.45, 2.75) is 13.2 Å². The monoisotopic (exact) mass is 317 g/mol. The molecule has 2 rings (SSSR count). The summed E-state index contributed by atoms with van der Waals surface area (Å²) < 4.78 is 11.4. The van der Waals surface area contributed by atoms with Crippen LogP contribution >= 0.6 is 11.6 Å². The van der Waals surface area contributed by atoms with E-state index in [0.717, 1.165) is 23.4 Å². The first kappa shape index (κ1) is 16.4. The highest BCUT2D eigenvalue weighted by atomic mass is 35.5. The van der Waals surface area contributed by atoms with Crippen LogP contribution in [0.5, 0.6) is 11.5 Å². The molecule has 116 valence electrons. The molecular formula is C18H20ClNO2. The van der Waals surface area contributed by atoms with Gasteiger partial charge in [-0.2, -0.15) is 0 Å². The lowest BCUT2D eigenvalue weighted by atomic mass is 10.1. The number of para-hydroxylation sites is 1. The lowest BCUT2D eigenvalue weighted by Gasteiger charge is -2.16. The molecule has 2 aromatic carbocycles. The minimum absolute atomic E-state index is 0.397. The van der Waals surface area contributed by atoms with Crippen LogP contribution in [0.1, 0.15) is 11.1 Å². The van der Waals surface area contributed by atoms with Gasteiger partial charge in [0.05, 0.1) is 7.11 Å². The molecule has 0 radical (unpaired) electrons. The molecule has 0 amide bonds. The summed E-state index contributed by atoms with van der Waals surface area (Å²) in [7, 11) is 1.64. The SMILES string of the molecule is C=CCNCc1cccc(OC)c1OCc1ccccc1Cl. The number of methoxy groups -OCH3 is 1. The number of hydrogen-bond donors (Lipinski definition) is 1. The molecule has 4 heteroatoms. The van der Waals surface area contributed by atoms with Crippen LogP contribution in [0.15, 0.2) is 55.1 Å². The maximum absolute atomic E-state index is 6.17. The van der Waals surface area contributed by atoms with Crippen LogP contribution < -0.4 is 14.8 Å². The molecule has 0 atom stereocenters. The van der Waals surface area contributed by atoms with E-state index in [-0.39, 0.29) is 0 Å². The Morgan fingerprint density at radius 1 is 1.14 bits per heavy atom. The Morgan fingerprint density at radius 3 is 2.64 bits per heavy atom. The highest BCUT2D eigenvalue weighted by Gasteiger charge is 2.11. The van der Waals surface area contributed by atoms with Gasteiger partial charge in [-0.15, -0.1) is 6.58 Å². The highest BCUT2D eigenvalue weighted by Crippen LogP contribution is 2.32. The second-order valence-corrected chi connectivity index (χ2v) is 5.16. The molecule has 0 saturated carbocycles. The first-order chi connectivity index (χ1) is 10.8. The Balaban J connectivity index is 2.16. The predicted molar refractivity (Wildman–Crippen MR) is 90.7 cm³/mol. The zero-order chi connectivity index (χ0) is 15.8. The molecule has 22 heavy (non-hydrogen) atoms. The number of benzene rings is 2. The van der Waals surface area contributed by atoms with Crippen molar-refractivity contribution in [2.24, 2.45) is 0 Å². The molecular weight excluding hydrogens is 298 g/mol. The normalized spacial score (nSPS) is 10.3. The molecule has 0 aliphatic rings. The van der Waals surface area contributed by atoms with Gasteiger partial charge in [-0.25, -0.2) is 0 Å². The average molecular weight is 318 g/mol. The zero-order valence-electron chi connectivity index (χ0n) is 12.6. The third-order valence-corrected chi connectivity index (χ3v) is 3.58. The lowest BCUT2D eigenvalue weighted by molar-refractivity contribution is 0.281. The van der Waals surface area contributed by atoms with Gasteiger partial charge in [0.25, 0.3) is 0 Å². The van der Waals surface area contributed by atoms with Crippen molar-refractivity contribution in [3.05, 3.63) is 71.3 Å². The van der Waals surface area contributed by atoms with E-state index in [0.29, 0.717) is 23.9 Å². The molecule has 1 N–H and O–H groups in total. The van der Waals surface area contributed by atoms with Crippen molar-refractivity contribution < 1.29 is 9.47 Å². The molecule has 0 aromatic heterocycles. The third kappa shape index (κ3) is 4.26. The molecule has 0 heterocycles. The molecule has 2 aromatic rings. The predicted octanol–water partition coefficient (Wildman–Crippen LogP) is 4.20. The maximum atomic E-state index is 6.17. The van der Waals surface area contributed by atoms with E-state index in [9.17, 15) is 0 Å². The van der Waals surface area contributed by atoms with Crippen LogP contribution in [0.3, 0.4) is 0 Å². The molecule has 0 bridgehead atoms. The molecule has 0 aliphatic heterocycles. The van der Waals surface area contributed by atoms with Gasteiger partial charge in [0, 0.05) is 29.2 Å². The summed E-state index contributed by atoms with van der Waals surface area (Å²) in [6, 6.07) is 13.5. The van der Waals surface area contributed by atoms with Gasteiger partial charge in [-0.05, 0) is 12.1 Å². The molecule has 3 nitrogen and oxygen atoms in total. The van der Waals surface area contributed by atoms with Crippen molar-refractivity contribution in [3.63, 3.8) is 0 Å². The Labute approximate surface area is 136 Å². The maximum Gasteiger partial charge on any atom is 0.166 e. The first-order valence-electron chi connectivity index (χ1n) is 7.10. The van der Waals surface area contributed by atoms with Crippen LogP contribution in [0.4, 0.5) is 0 Å². The van der Waals surface area contributed by atoms with Gasteiger partial charge in [0.1, 0.15) is 6.61 Å². The van der Waals surface area contributed by atoms with Crippen molar-refractivity contribution in [1.82, 2.24) is 5.32 Å². The van der Waals surface area contributed by atoms with E-state index < -0.39 is 0 Å². The Morgan fingerprint density at radius 2 is 1.91 bits per heavy atom. The summed E-state index contributed by atoms with van der Waals surface area (Å²) in [5.41, 5.74) is 1.98. The standard InChI is InChI=1S/C18H20ClNO2/c1-3-11-20-12-14-8-6-10-17(21-2)18(14)22-13-15-7-4-5-9-16(15)19/h3-10,20H,1,11-13H2,2H3.